The van der Waals surface area contributed by atoms with Crippen molar-refractivity contribution in [3.63, 3.8) is 0 Å². The summed E-state index contributed by atoms with van der Waals surface area (Å²) in [6, 6.07) is 4.31. The van der Waals surface area contributed by atoms with Crippen molar-refractivity contribution in [2.45, 2.75) is 44.9 Å². The van der Waals surface area contributed by atoms with Crippen LogP contribution >= 0.6 is 23.7 Å². The summed E-state index contributed by atoms with van der Waals surface area (Å²) in [4.78, 5) is 15.8. The van der Waals surface area contributed by atoms with E-state index in [0.717, 1.165) is 45.3 Å². The number of hydrogen-bond donors (Lipinski definition) is 1. The highest BCUT2D eigenvalue weighted by Gasteiger charge is 2.22. The molecule has 1 saturated heterocycles. The fraction of sp³-hybridized carbons (Fsp3) is 0.706. The van der Waals surface area contributed by atoms with Gasteiger partial charge in [0.2, 0.25) is 5.91 Å². The van der Waals surface area contributed by atoms with Gasteiger partial charge in [-0.05, 0) is 63.1 Å². The van der Waals surface area contributed by atoms with E-state index in [1.807, 2.05) is 18.4 Å². The number of rotatable bonds is 8. The first kappa shape index (κ1) is 19.5. The molecule has 2 heterocycles. The first-order valence-electron chi connectivity index (χ1n) is 8.24. The Kier molecular flexibility index (Phi) is 9.76. The zero-order valence-electron chi connectivity index (χ0n) is 13.6. The lowest BCUT2D eigenvalue weighted by Crippen LogP contribution is -2.42. The molecule has 1 fully saturated rings. The van der Waals surface area contributed by atoms with Crippen molar-refractivity contribution in [1.29, 1.82) is 0 Å². The highest BCUT2D eigenvalue weighted by molar-refractivity contribution is 7.09. The van der Waals surface area contributed by atoms with Gasteiger partial charge < -0.3 is 10.2 Å². The van der Waals surface area contributed by atoms with Gasteiger partial charge in [-0.3, -0.25) is 4.79 Å². The fourth-order valence-corrected chi connectivity index (χ4v) is 3.86. The minimum atomic E-state index is 0. The van der Waals surface area contributed by atoms with E-state index in [-0.39, 0.29) is 12.4 Å². The Morgan fingerprint density at radius 2 is 2.27 bits per heavy atom. The summed E-state index contributed by atoms with van der Waals surface area (Å²) in [6.07, 6.45) is 7.73. The van der Waals surface area contributed by atoms with Crippen LogP contribution in [0.15, 0.2) is 17.5 Å². The molecule has 0 aromatic carbocycles. The van der Waals surface area contributed by atoms with Gasteiger partial charge >= 0.3 is 0 Å². The molecule has 1 unspecified atom stereocenters. The maximum absolute atomic E-state index is 12.2. The van der Waals surface area contributed by atoms with Crippen LogP contribution in [0.4, 0.5) is 0 Å². The van der Waals surface area contributed by atoms with E-state index >= 15 is 0 Å². The van der Waals surface area contributed by atoms with Crippen LogP contribution in [0.1, 0.15) is 43.4 Å². The van der Waals surface area contributed by atoms with E-state index in [1.165, 1.54) is 24.1 Å². The molecule has 5 heteroatoms. The van der Waals surface area contributed by atoms with E-state index in [0.29, 0.717) is 11.8 Å². The molecule has 1 N–H and O–H groups in total. The summed E-state index contributed by atoms with van der Waals surface area (Å²) in [7, 11) is 1.99. The smallest absolute Gasteiger partial charge is 0.222 e. The first-order chi connectivity index (χ1) is 10.3. The van der Waals surface area contributed by atoms with E-state index in [2.05, 4.69) is 27.7 Å². The molecule has 1 aliphatic rings. The highest BCUT2D eigenvalue weighted by atomic mass is 35.5. The van der Waals surface area contributed by atoms with Crippen LogP contribution in [-0.2, 0) is 11.2 Å². The quantitative estimate of drug-likeness (QED) is 0.729. The Morgan fingerprint density at radius 3 is 3.00 bits per heavy atom. The number of hydrogen-bond acceptors (Lipinski definition) is 3. The molecule has 0 spiro atoms. The number of halogens is 1. The molecule has 0 radical (unpaired) electrons. The third kappa shape index (κ3) is 6.67. The van der Waals surface area contributed by atoms with Crippen LogP contribution < -0.4 is 5.32 Å². The van der Waals surface area contributed by atoms with E-state index in [1.54, 1.807) is 0 Å². The second kappa shape index (κ2) is 11.0. The largest absolute Gasteiger partial charge is 0.342 e. The predicted molar refractivity (Wildman–Crippen MR) is 97.0 cm³/mol. The summed E-state index contributed by atoms with van der Waals surface area (Å²) >= 11 is 1.83. The van der Waals surface area contributed by atoms with Gasteiger partial charge in [-0.1, -0.05) is 12.5 Å². The summed E-state index contributed by atoms with van der Waals surface area (Å²) in [5, 5.41) is 5.37. The van der Waals surface area contributed by atoms with Crippen LogP contribution in [0.2, 0.25) is 0 Å². The molecule has 0 bridgehead atoms. The second-order valence-electron chi connectivity index (χ2n) is 6.05. The van der Waals surface area contributed by atoms with Crippen LogP contribution in [0, 0.1) is 5.92 Å². The lowest BCUT2D eigenvalue weighted by Gasteiger charge is -2.32. The van der Waals surface area contributed by atoms with Crippen molar-refractivity contribution < 1.29 is 4.79 Å². The van der Waals surface area contributed by atoms with Gasteiger partial charge in [0, 0.05) is 24.4 Å². The second-order valence-corrected chi connectivity index (χ2v) is 7.08. The number of piperidine rings is 1. The van der Waals surface area contributed by atoms with Crippen LogP contribution in [-0.4, -0.2) is 37.5 Å². The molecule has 0 saturated carbocycles. The van der Waals surface area contributed by atoms with Gasteiger partial charge in [0.15, 0.2) is 0 Å². The number of nitrogens with zero attached hydrogens (tertiary/aromatic N) is 1. The van der Waals surface area contributed by atoms with Gasteiger partial charge in [-0.25, -0.2) is 0 Å². The molecule has 0 aliphatic carbocycles. The number of thiophene rings is 1. The zero-order chi connectivity index (χ0) is 14.9. The van der Waals surface area contributed by atoms with Crippen LogP contribution in [0.3, 0.4) is 0 Å². The van der Waals surface area contributed by atoms with Crippen molar-refractivity contribution >= 4 is 29.7 Å². The van der Waals surface area contributed by atoms with E-state index < -0.39 is 0 Å². The Balaban J connectivity index is 0.00000242. The SMILES string of the molecule is CNCC1CCCN(C(=O)CCCCCc2cccs2)C1.Cl. The molecule has 2 rings (SSSR count). The molecule has 1 aromatic rings. The standard InChI is InChI=1S/C17H28N2OS.ClH/c1-18-13-15-7-5-11-19(14-15)17(20)10-4-2-3-8-16-9-6-12-21-16;/h6,9,12,15,18H,2-5,7-8,10-11,13-14H2,1H3;1H. The van der Waals surface area contributed by atoms with Crippen molar-refractivity contribution in [2.75, 3.05) is 26.7 Å². The number of aryl methyl sites for hydroxylation is 1. The van der Waals surface area contributed by atoms with E-state index in [9.17, 15) is 4.79 Å². The Labute approximate surface area is 144 Å². The van der Waals surface area contributed by atoms with Gasteiger partial charge in [0.05, 0.1) is 0 Å². The minimum absolute atomic E-state index is 0. The molecule has 3 nitrogen and oxygen atoms in total. The molecular formula is C17H29ClN2OS. The maximum Gasteiger partial charge on any atom is 0.222 e. The number of amides is 1. The van der Waals surface area contributed by atoms with Crippen molar-refractivity contribution in [1.82, 2.24) is 10.2 Å². The summed E-state index contributed by atoms with van der Waals surface area (Å²) in [5.41, 5.74) is 0. The van der Waals surface area contributed by atoms with Gasteiger partial charge in [-0.2, -0.15) is 0 Å². The number of nitrogens with one attached hydrogen (secondary N) is 1. The maximum atomic E-state index is 12.2. The average molecular weight is 345 g/mol. The van der Waals surface area contributed by atoms with Crippen LogP contribution in [0.25, 0.3) is 0 Å². The van der Waals surface area contributed by atoms with Gasteiger partial charge in [-0.15, -0.1) is 23.7 Å². The number of carbonyl (C=O) groups excluding carboxylic acids is 1. The highest BCUT2D eigenvalue weighted by Crippen LogP contribution is 2.18. The third-order valence-electron chi connectivity index (χ3n) is 4.26. The van der Waals surface area contributed by atoms with Crippen molar-refractivity contribution in [3.05, 3.63) is 22.4 Å². The summed E-state index contributed by atoms with van der Waals surface area (Å²) < 4.78 is 0. The Morgan fingerprint density at radius 1 is 1.41 bits per heavy atom. The monoisotopic (exact) mass is 344 g/mol. The van der Waals surface area contributed by atoms with Gasteiger partial charge in [0.1, 0.15) is 0 Å². The zero-order valence-corrected chi connectivity index (χ0v) is 15.2. The van der Waals surface area contributed by atoms with Gasteiger partial charge in [0.25, 0.3) is 0 Å². The third-order valence-corrected chi connectivity index (χ3v) is 5.19. The molecule has 1 aliphatic heterocycles. The Hall–Kier alpha value is -0.580. The minimum Gasteiger partial charge on any atom is -0.342 e. The first-order valence-corrected chi connectivity index (χ1v) is 9.12. The summed E-state index contributed by atoms with van der Waals surface area (Å²) in [5.74, 6) is 1.01. The normalized spacial score (nSPS) is 18.0. The number of carbonyl (C=O) groups is 1. The lowest BCUT2D eigenvalue weighted by molar-refractivity contribution is -0.133. The fourth-order valence-electron chi connectivity index (χ4n) is 3.11. The molecule has 1 aromatic heterocycles. The average Bonchev–Trinajstić information content (AvgIpc) is 3.01. The number of unbranched alkanes of at least 4 members (excludes halogenated alkanes) is 2. The lowest BCUT2D eigenvalue weighted by atomic mass is 9.97. The number of likely N-dealkylation sites (tertiary alicyclic amines) is 1. The summed E-state index contributed by atoms with van der Waals surface area (Å²) in [6.45, 7) is 2.95. The molecular weight excluding hydrogens is 316 g/mol. The molecule has 1 amide bonds. The van der Waals surface area contributed by atoms with Crippen LogP contribution in [0.5, 0.6) is 0 Å². The molecule has 1 atom stereocenters. The topological polar surface area (TPSA) is 32.3 Å². The van der Waals surface area contributed by atoms with Crippen molar-refractivity contribution in [2.24, 2.45) is 5.92 Å². The van der Waals surface area contributed by atoms with E-state index in [4.69, 9.17) is 0 Å². The predicted octanol–water partition coefficient (Wildman–Crippen LogP) is 3.73. The molecule has 22 heavy (non-hydrogen) atoms. The molecule has 126 valence electrons. The van der Waals surface area contributed by atoms with Crippen molar-refractivity contribution in [3.8, 4) is 0 Å². The Bertz CT molecular complexity index is 409.